The molecule has 0 bridgehead atoms. The van der Waals surface area contributed by atoms with Gasteiger partial charge in [0.15, 0.2) is 0 Å². The summed E-state index contributed by atoms with van der Waals surface area (Å²) in [6.45, 7) is 6.97. The summed E-state index contributed by atoms with van der Waals surface area (Å²) in [5, 5.41) is 35.3. The molecule has 0 aromatic heterocycles. The summed E-state index contributed by atoms with van der Waals surface area (Å²) in [5.74, 6) is -5.46. The first-order valence-corrected chi connectivity index (χ1v) is 11.6. The molecule has 0 spiro atoms. The molecular weight excluding hydrogens is 472 g/mol. The van der Waals surface area contributed by atoms with Gasteiger partial charge < -0.3 is 37.0 Å². The minimum atomic E-state index is -1.60. The van der Waals surface area contributed by atoms with Gasteiger partial charge >= 0.3 is 11.9 Å². The van der Waals surface area contributed by atoms with Gasteiger partial charge in [0.25, 0.3) is 0 Å². The van der Waals surface area contributed by atoms with E-state index in [2.05, 4.69) is 16.0 Å². The van der Waals surface area contributed by atoms with E-state index in [9.17, 15) is 39.3 Å². The molecule has 0 radical (unpaired) electrons. The van der Waals surface area contributed by atoms with E-state index in [0.29, 0.717) is 5.56 Å². The van der Waals surface area contributed by atoms with Crippen molar-refractivity contribution < 1.29 is 39.3 Å². The number of carbonyl (C=O) groups is 5. The van der Waals surface area contributed by atoms with Crippen LogP contribution in [0.5, 0.6) is 5.75 Å². The number of carbonyl (C=O) groups excluding carboxylic acids is 3. The number of hydrogen-bond acceptors (Lipinski definition) is 7. The predicted molar refractivity (Wildman–Crippen MR) is 130 cm³/mol. The van der Waals surface area contributed by atoms with Crippen LogP contribution in [0.2, 0.25) is 0 Å². The van der Waals surface area contributed by atoms with Crippen LogP contribution in [0.4, 0.5) is 0 Å². The first kappa shape index (κ1) is 30.4. The number of carboxylic acids is 2. The van der Waals surface area contributed by atoms with E-state index in [4.69, 9.17) is 5.73 Å². The molecule has 0 aliphatic heterocycles. The highest BCUT2D eigenvalue weighted by Crippen LogP contribution is 2.12. The predicted octanol–water partition coefficient (Wildman–Crippen LogP) is -0.0222. The Balaban J connectivity index is 3.15. The number of phenolic OH excluding ortho intramolecular Hbond substituents is 1. The third-order valence-corrected chi connectivity index (χ3v) is 5.36. The van der Waals surface area contributed by atoms with Crippen molar-refractivity contribution in [2.24, 2.45) is 17.6 Å². The third kappa shape index (κ3) is 10.3. The molecule has 0 saturated carbocycles. The van der Waals surface area contributed by atoms with E-state index >= 15 is 0 Å². The van der Waals surface area contributed by atoms with Crippen LogP contribution in [0.1, 0.15) is 46.1 Å². The second kappa shape index (κ2) is 14.0. The van der Waals surface area contributed by atoms with Gasteiger partial charge in [-0.3, -0.25) is 19.2 Å². The molecule has 4 unspecified atom stereocenters. The maximum absolute atomic E-state index is 13.1. The third-order valence-electron chi connectivity index (χ3n) is 5.36. The van der Waals surface area contributed by atoms with Crippen molar-refractivity contribution >= 4 is 29.7 Å². The number of nitrogens with one attached hydrogen (secondary N) is 3. The first-order chi connectivity index (χ1) is 16.7. The number of rotatable bonds is 14. The van der Waals surface area contributed by atoms with Crippen molar-refractivity contribution in [2.45, 2.75) is 71.1 Å². The zero-order valence-electron chi connectivity index (χ0n) is 20.9. The fourth-order valence-electron chi connectivity index (χ4n) is 3.27. The Morgan fingerprint density at radius 3 is 1.78 bits per heavy atom. The molecule has 3 amide bonds. The second-order valence-corrected chi connectivity index (χ2v) is 9.39. The highest BCUT2D eigenvalue weighted by atomic mass is 16.4. The summed E-state index contributed by atoms with van der Waals surface area (Å²) in [7, 11) is 0. The molecule has 1 rings (SSSR count). The van der Waals surface area contributed by atoms with Crippen LogP contribution in [0.3, 0.4) is 0 Å². The monoisotopic (exact) mass is 508 g/mol. The number of amides is 3. The lowest BCUT2D eigenvalue weighted by atomic mass is 10.0. The average Bonchev–Trinajstić information content (AvgIpc) is 2.77. The van der Waals surface area contributed by atoms with Gasteiger partial charge in [0.2, 0.25) is 17.7 Å². The van der Waals surface area contributed by atoms with E-state index in [0.717, 1.165) is 0 Å². The molecule has 12 heteroatoms. The fourth-order valence-corrected chi connectivity index (χ4v) is 3.27. The van der Waals surface area contributed by atoms with Gasteiger partial charge in [-0.15, -0.1) is 0 Å². The van der Waals surface area contributed by atoms with Crippen LogP contribution in [0, 0.1) is 11.8 Å². The number of aromatic hydroxyl groups is 1. The average molecular weight is 509 g/mol. The highest BCUT2D eigenvalue weighted by molar-refractivity contribution is 5.95. The van der Waals surface area contributed by atoms with Crippen LogP contribution >= 0.6 is 0 Å². The zero-order chi connectivity index (χ0) is 27.6. The minimum Gasteiger partial charge on any atom is -0.508 e. The largest absolute Gasteiger partial charge is 0.508 e. The Morgan fingerprint density at radius 2 is 1.31 bits per heavy atom. The lowest BCUT2D eigenvalue weighted by Gasteiger charge is -2.25. The summed E-state index contributed by atoms with van der Waals surface area (Å²) in [5.41, 5.74) is 6.45. The van der Waals surface area contributed by atoms with Gasteiger partial charge in [0.05, 0.1) is 12.5 Å². The molecule has 0 fully saturated rings. The fraction of sp³-hybridized carbons (Fsp3) is 0.542. The lowest BCUT2D eigenvalue weighted by molar-refractivity contribution is -0.144. The highest BCUT2D eigenvalue weighted by Gasteiger charge is 2.32. The van der Waals surface area contributed by atoms with Gasteiger partial charge in [0.1, 0.15) is 23.9 Å². The van der Waals surface area contributed by atoms with Gasteiger partial charge in [-0.1, -0.05) is 39.8 Å². The summed E-state index contributed by atoms with van der Waals surface area (Å²) in [6.07, 6.45) is -0.756. The Kier molecular flexibility index (Phi) is 11.8. The van der Waals surface area contributed by atoms with Crippen LogP contribution in [0.25, 0.3) is 0 Å². The number of phenols is 1. The molecule has 0 heterocycles. The van der Waals surface area contributed by atoms with Gasteiger partial charge in [-0.05, 0) is 36.0 Å². The van der Waals surface area contributed by atoms with Crippen molar-refractivity contribution in [1.82, 2.24) is 16.0 Å². The summed E-state index contributed by atoms with van der Waals surface area (Å²) in [6, 6.07) is 0.835. The molecule has 4 atom stereocenters. The van der Waals surface area contributed by atoms with Crippen LogP contribution in [0.15, 0.2) is 24.3 Å². The summed E-state index contributed by atoms with van der Waals surface area (Å²) >= 11 is 0. The quantitative estimate of drug-likeness (QED) is 0.180. The topological polar surface area (TPSA) is 208 Å². The summed E-state index contributed by atoms with van der Waals surface area (Å²) in [4.78, 5) is 61.3. The van der Waals surface area contributed by atoms with Crippen LogP contribution in [-0.4, -0.2) is 69.1 Å². The van der Waals surface area contributed by atoms with Crippen molar-refractivity contribution in [3.8, 4) is 5.75 Å². The standard InChI is InChI=1S/C24H36N4O8/c1-12(2)9-18(24(35)36)28-22(33)17(11-19(30)31)26-21(32)16(27-23(34)20(25)13(3)4)10-14-5-7-15(29)8-6-14/h5-8,12-13,16-18,20,29H,9-11,25H2,1-4H3,(H,26,32)(H,27,34)(H,28,33)(H,30,31)(H,35,36). The van der Waals surface area contributed by atoms with Crippen molar-refractivity contribution in [1.29, 1.82) is 0 Å². The molecule has 12 nitrogen and oxygen atoms in total. The normalized spacial score (nSPS) is 14.4. The maximum Gasteiger partial charge on any atom is 0.326 e. The number of aliphatic carboxylic acids is 2. The smallest absolute Gasteiger partial charge is 0.326 e. The number of carboxylic acid groups (broad SMARTS) is 2. The number of benzene rings is 1. The van der Waals surface area contributed by atoms with Gasteiger partial charge in [-0.25, -0.2) is 4.79 Å². The molecule has 36 heavy (non-hydrogen) atoms. The SMILES string of the molecule is CC(C)CC(NC(=O)C(CC(=O)O)NC(=O)C(Cc1ccc(O)cc1)NC(=O)C(N)C(C)C)C(=O)O. The molecule has 1 aromatic carbocycles. The molecule has 0 aliphatic rings. The van der Waals surface area contributed by atoms with Crippen molar-refractivity contribution in [3.63, 3.8) is 0 Å². The molecule has 0 aliphatic carbocycles. The molecule has 200 valence electrons. The Bertz CT molecular complexity index is 933. The Hall–Kier alpha value is -3.67. The maximum atomic E-state index is 13.1. The van der Waals surface area contributed by atoms with E-state index in [1.165, 1.54) is 24.3 Å². The minimum absolute atomic E-state index is 0.00167. The molecule has 8 N–H and O–H groups in total. The zero-order valence-corrected chi connectivity index (χ0v) is 20.9. The second-order valence-electron chi connectivity index (χ2n) is 9.39. The number of nitrogens with two attached hydrogens (primary N) is 1. The molecule has 1 aromatic rings. The van der Waals surface area contributed by atoms with Gasteiger partial charge in [-0.2, -0.15) is 0 Å². The molecular formula is C24H36N4O8. The molecule has 0 saturated heterocycles. The van der Waals surface area contributed by atoms with E-state index in [1.54, 1.807) is 27.7 Å². The van der Waals surface area contributed by atoms with Crippen molar-refractivity contribution in [3.05, 3.63) is 29.8 Å². The Morgan fingerprint density at radius 1 is 0.806 bits per heavy atom. The van der Waals surface area contributed by atoms with Gasteiger partial charge in [0, 0.05) is 6.42 Å². The van der Waals surface area contributed by atoms with Crippen LogP contribution < -0.4 is 21.7 Å². The van der Waals surface area contributed by atoms with E-state index < -0.39 is 60.2 Å². The van der Waals surface area contributed by atoms with Crippen LogP contribution in [-0.2, 0) is 30.4 Å². The first-order valence-electron chi connectivity index (χ1n) is 11.6. The number of hydrogen-bond donors (Lipinski definition) is 7. The van der Waals surface area contributed by atoms with E-state index in [-0.39, 0.29) is 30.4 Å². The Labute approximate surface area is 209 Å². The van der Waals surface area contributed by atoms with Crippen molar-refractivity contribution in [2.75, 3.05) is 0 Å². The van der Waals surface area contributed by atoms with E-state index in [1.807, 2.05) is 0 Å². The summed E-state index contributed by atoms with van der Waals surface area (Å²) < 4.78 is 0. The lowest BCUT2D eigenvalue weighted by Crippen LogP contribution is -2.58.